The van der Waals surface area contributed by atoms with Crippen LogP contribution < -0.4 is 10.6 Å². The first kappa shape index (κ1) is 30.7. The molecule has 0 fully saturated rings. The van der Waals surface area contributed by atoms with Gasteiger partial charge >= 0.3 is 11.9 Å². The van der Waals surface area contributed by atoms with Crippen LogP contribution in [0.2, 0.25) is 0 Å². The number of anilines is 2. The van der Waals surface area contributed by atoms with Crippen LogP contribution in [-0.4, -0.2) is 50.8 Å². The Bertz CT molecular complexity index is 1430. The Morgan fingerprint density at radius 2 is 0.721 bits per heavy atom. The van der Waals surface area contributed by atoms with E-state index in [-0.39, 0.29) is 11.6 Å². The Hall–Kier alpha value is -5.24. The van der Waals surface area contributed by atoms with E-state index >= 15 is 0 Å². The van der Waals surface area contributed by atoms with E-state index in [9.17, 15) is 19.2 Å². The Morgan fingerprint density at radius 1 is 0.442 bits per heavy atom. The molecule has 0 radical (unpaired) electrons. The van der Waals surface area contributed by atoms with Crippen LogP contribution in [0.4, 0.5) is 11.4 Å². The van der Waals surface area contributed by atoms with Crippen LogP contribution in [-0.2, 0) is 9.47 Å². The van der Waals surface area contributed by atoms with Gasteiger partial charge in [0.25, 0.3) is 0 Å². The molecule has 0 amide bonds. The van der Waals surface area contributed by atoms with Crippen molar-refractivity contribution in [2.24, 2.45) is 0 Å². The van der Waals surface area contributed by atoms with E-state index in [0.717, 1.165) is 43.7 Å². The molecule has 0 aliphatic rings. The van der Waals surface area contributed by atoms with Crippen LogP contribution in [0.15, 0.2) is 97.1 Å². The molecule has 0 saturated heterocycles. The first-order chi connectivity index (χ1) is 20.9. The molecule has 220 valence electrons. The third-order valence-corrected chi connectivity index (χ3v) is 6.94. The highest BCUT2D eigenvalue weighted by Gasteiger charge is 2.12. The fourth-order valence-electron chi connectivity index (χ4n) is 4.46. The molecule has 43 heavy (non-hydrogen) atoms. The van der Waals surface area contributed by atoms with E-state index in [1.807, 2.05) is 24.3 Å². The minimum atomic E-state index is -0.436. The first-order valence-corrected chi connectivity index (χ1v) is 14.0. The summed E-state index contributed by atoms with van der Waals surface area (Å²) >= 11 is 0. The van der Waals surface area contributed by atoms with Gasteiger partial charge < -0.3 is 20.1 Å². The second kappa shape index (κ2) is 15.1. The van der Waals surface area contributed by atoms with E-state index in [4.69, 9.17) is 9.47 Å². The molecule has 4 aromatic carbocycles. The summed E-state index contributed by atoms with van der Waals surface area (Å²) in [6.07, 6.45) is 3.03. The maximum atomic E-state index is 12.7. The number of benzene rings is 4. The number of carbonyl (C=O) groups is 4. The molecule has 0 heterocycles. The monoisotopic (exact) mass is 578 g/mol. The van der Waals surface area contributed by atoms with Crippen molar-refractivity contribution in [2.75, 3.05) is 37.9 Å². The molecule has 4 rings (SSSR count). The summed E-state index contributed by atoms with van der Waals surface area (Å²) in [6, 6.07) is 27.6. The van der Waals surface area contributed by atoms with Gasteiger partial charge in [0, 0.05) is 46.7 Å². The van der Waals surface area contributed by atoms with Crippen molar-refractivity contribution in [2.45, 2.75) is 19.3 Å². The second-order valence-electron chi connectivity index (χ2n) is 9.87. The van der Waals surface area contributed by atoms with Crippen LogP contribution in [0.5, 0.6) is 0 Å². The normalized spacial score (nSPS) is 10.5. The van der Waals surface area contributed by atoms with Gasteiger partial charge in [0.1, 0.15) is 0 Å². The molecule has 0 saturated carbocycles. The average molecular weight is 579 g/mol. The van der Waals surface area contributed by atoms with Crippen molar-refractivity contribution in [1.82, 2.24) is 0 Å². The van der Waals surface area contributed by atoms with E-state index in [2.05, 4.69) is 10.6 Å². The lowest BCUT2D eigenvalue weighted by atomic mass is 10.0. The van der Waals surface area contributed by atoms with Crippen molar-refractivity contribution in [3.8, 4) is 0 Å². The lowest BCUT2D eigenvalue weighted by molar-refractivity contribution is 0.0592. The van der Waals surface area contributed by atoms with Gasteiger partial charge in [-0.05, 0) is 92.1 Å². The summed E-state index contributed by atoms with van der Waals surface area (Å²) in [4.78, 5) is 48.6. The van der Waals surface area contributed by atoms with Crippen molar-refractivity contribution in [3.63, 3.8) is 0 Å². The third kappa shape index (κ3) is 8.39. The molecule has 2 N–H and O–H groups in total. The Kier molecular flexibility index (Phi) is 10.8. The predicted octanol–water partition coefficient (Wildman–Crippen LogP) is 6.42. The molecule has 0 unspecified atom stereocenters. The SMILES string of the molecule is COC(=O)c1ccc(C(=O)c2ccc(NCCCCCNc3ccc(C(=O)c4ccc(C(=O)OC)cc4)cc3)cc2)cc1. The topological polar surface area (TPSA) is 111 Å². The van der Waals surface area contributed by atoms with Crippen LogP contribution >= 0.6 is 0 Å². The van der Waals surface area contributed by atoms with Crippen molar-refractivity contribution in [1.29, 1.82) is 0 Å². The fraction of sp³-hybridized carbons (Fsp3) is 0.200. The van der Waals surface area contributed by atoms with Gasteiger partial charge in [-0.25, -0.2) is 9.59 Å². The zero-order valence-corrected chi connectivity index (χ0v) is 24.2. The molecule has 8 nitrogen and oxygen atoms in total. The highest BCUT2D eigenvalue weighted by atomic mass is 16.5. The predicted molar refractivity (Wildman–Crippen MR) is 166 cm³/mol. The summed E-state index contributed by atoms with van der Waals surface area (Å²) < 4.78 is 9.38. The molecule has 0 bridgehead atoms. The molecular formula is C35H34N2O6. The third-order valence-electron chi connectivity index (χ3n) is 6.94. The zero-order chi connectivity index (χ0) is 30.6. The van der Waals surface area contributed by atoms with Gasteiger partial charge in [0.05, 0.1) is 25.3 Å². The van der Waals surface area contributed by atoms with E-state index in [1.54, 1.807) is 72.8 Å². The van der Waals surface area contributed by atoms with Crippen molar-refractivity contribution in [3.05, 3.63) is 130 Å². The van der Waals surface area contributed by atoms with Gasteiger partial charge in [-0.3, -0.25) is 9.59 Å². The smallest absolute Gasteiger partial charge is 0.337 e. The minimum Gasteiger partial charge on any atom is -0.465 e. The van der Waals surface area contributed by atoms with Crippen LogP contribution in [0.25, 0.3) is 0 Å². The van der Waals surface area contributed by atoms with Crippen LogP contribution in [0.3, 0.4) is 0 Å². The highest BCUT2D eigenvalue weighted by molar-refractivity contribution is 6.10. The molecule has 0 aliphatic carbocycles. The Labute approximate surface area is 251 Å². The van der Waals surface area contributed by atoms with E-state index < -0.39 is 11.9 Å². The summed E-state index contributed by atoms with van der Waals surface area (Å²) in [6.45, 7) is 1.64. The van der Waals surface area contributed by atoms with E-state index in [1.165, 1.54) is 14.2 Å². The van der Waals surface area contributed by atoms with Gasteiger partial charge in [0.2, 0.25) is 0 Å². The molecule has 0 spiro atoms. The number of rotatable bonds is 14. The van der Waals surface area contributed by atoms with Gasteiger partial charge in [-0.1, -0.05) is 24.3 Å². The highest BCUT2D eigenvalue weighted by Crippen LogP contribution is 2.17. The lowest BCUT2D eigenvalue weighted by Crippen LogP contribution is -2.06. The number of ketones is 2. The maximum Gasteiger partial charge on any atom is 0.337 e. The Balaban J connectivity index is 1.13. The molecule has 8 heteroatoms. The number of esters is 2. The Morgan fingerprint density at radius 3 is 1.02 bits per heavy atom. The summed E-state index contributed by atoms with van der Waals surface area (Å²) in [5.41, 5.74) is 4.88. The minimum absolute atomic E-state index is 0.108. The quantitative estimate of drug-likeness (QED) is 0.100. The summed E-state index contributed by atoms with van der Waals surface area (Å²) in [5, 5.41) is 6.78. The van der Waals surface area contributed by atoms with Crippen LogP contribution in [0.1, 0.15) is 71.8 Å². The largest absolute Gasteiger partial charge is 0.465 e. The standard InChI is InChI=1S/C35H34N2O6/c1-42-34(40)28-10-6-24(7-11-28)32(38)26-14-18-30(19-15-26)36-22-4-3-5-23-37-31-20-16-27(17-21-31)33(39)25-8-12-29(13-9-25)35(41)43-2/h6-21,36-37H,3-5,22-23H2,1-2H3. The summed E-state index contributed by atoms with van der Waals surface area (Å²) in [5.74, 6) is -1.09. The zero-order valence-electron chi connectivity index (χ0n) is 24.2. The number of hydrogen-bond acceptors (Lipinski definition) is 8. The number of carbonyl (C=O) groups excluding carboxylic acids is 4. The van der Waals surface area contributed by atoms with Crippen molar-refractivity contribution >= 4 is 34.9 Å². The fourth-order valence-corrected chi connectivity index (χ4v) is 4.46. The second-order valence-corrected chi connectivity index (χ2v) is 9.87. The average Bonchev–Trinajstić information content (AvgIpc) is 3.07. The number of methoxy groups -OCH3 is 2. The molecule has 0 aromatic heterocycles. The lowest BCUT2D eigenvalue weighted by Gasteiger charge is -2.09. The van der Waals surface area contributed by atoms with Gasteiger partial charge in [0.15, 0.2) is 11.6 Å². The maximum absolute atomic E-state index is 12.7. The number of nitrogens with one attached hydrogen (secondary N) is 2. The van der Waals surface area contributed by atoms with Crippen LogP contribution in [0, 0.1) is 0 Å². The molecule has 0 aliphatic heterocycles. The molecule has 4 aromatic rings. The van der Waals surface area contributed by atoms with Gasteiger partial charge in [-0.15, -0.1) is 0 Å². The summed E-state index contributed by atoms with van der Waals surface area (Å²) in [7, 11) is 2.64. The molecular weight excluding hydrogens is 544 g/mol. The number of ether oxygens (including phenoxy) is 2. The van der Waals surface area contributed by atoms with Gasteiger partial charge in [-0.2, -0.15) is 0 Å². The van der Waals surface area contributed by atoms with Crippen molar-refractivity contribution < 1.29 is 28.7 Å². The molecule has 0 atom stereocenters. The first-order valence-electron chi connectivity index (χ1n) is 14.0. The van der Waals surface area contributed by atoms with E-state index in [0.29, 0.717) is 33.4 Å². The number of hydrogen-bond donors (Lipinski definition) is 2. The number of unbranched alkanes of at least 4 members (excludes halogenated alkanes) is 2.